The number of fused-ring (bicyclic) bond motifs is 4. The molecule has 2 atom stereocenters. The van der Waals surface area contributed by atoms with E-state index >= 15 is 0 Å². The number of nitrogens with one attached hydrogen (secondary N) is 1. The molecule has 0 saturated carbocycles. The summed E-state index contributed by atoms with van der Waals surface area (Å²) in [6.07, 6.45) is 7.33. The summed E-state index contributed by atoms with van der Waals surface area (Å²) >= 11 is 0. The molecular formula is C59H46N2O2SSi. The van der Waals surface area contributed by atoms with Gasteiger partial charge in [0.25, 0.3) is 0 Å². The minimum Gasteiger partial charge on any atom is -0.459 e. The molecule has 4 nitrogen and oxygen atoms in total. The fourth-order valence-electron chi connectivity index (χ4n) is 10.7. The van der Waals surface area contributed by atoms with Crippen LogP contribution in [0.25, 0.3) is 0 Å². The number of ether oxygens (including phenoxy) is 2. The number of nitrogens with zero attached hydrogens (tertiary/aromatic N) is 1. The Labute approximate surface area is 383 Å². The van der Waals surface area contributed by atoms with Crippen LogP contribution < -0.4 is 35.5 Å². The highest BCUT2D eigenvalue weighted by Crippen LogP contribution is 2.77. The van der Waals surface area contributed by atoms with Crippen LogP contribution in [0.3, 0.4) is 0 Å². The fourth-order valence-corrected chi connectivity index (χ4v) is 20.2. The number of aryl methyl sites for hydroxylation is 1. The van der Waals surface area contributed by atoms with Crippen molar-refractivity contribution >= 4 is 44.6 Å². The minimum absolute atomic E-state index is 0.0387. The molecule has 8 aromatic carbocycles. The summed E-state index contributed by atoms with van der Waals surface area (Å²) < 4.78 is 14.5. The molecule has 3 aliphatic heterocycles. The maximum atomic E-state index is 7.27. The highest BCUT2D eigenvalue weighted by molar-refractivity contribution is 8.34. The van der Waals surface area contributed by atoms with E-state index < -0.39 is 18.1 Å². The Morgan fingerprint density at radius 1 is 0.569 bits per heavy atom. The summed E-state index contributed by atoms with van der Waals surface area (Å²) in [5, 5.41) is 9.08. The topological polar surface area (TPSA) is 42.9 Å². The predicted molar refractivity (Wildman–Crippen MR) is 269 cm³/mol. The monoisotopic (exact) mass is 874 g/mol. The standard InChI is InChI=1S/C59H46N2O2SSi/c1-41-22-14-15-31-46(41)59-60-49(47-32-20-37-54-57(47)62-51-34-16-18-36-53(51)64(54,42-23-6-2-7-24-42)43-25-8-3-9-26-43)40-50(61-59)48-33-21-39-56-58(48)63-52-35-17-19-38-55(52)65(56,44-27-10-4-11-28-44)45-29-12-5-13-30-45/h2-36,38-40,54,59-60H,37H2,1H3. The van der Waals surface area contributed by atoms with Crippen LogP contribution >= 0.6 is 10.0 Å². The van der Waals surface area contributed by atoms with Gasteiger partial charge in [0.1, 0.15) is 29.2 Å². The van der Waals surface area contributed by atoms with Crippen molar-refractivity contribution in [2.45, 2.75) is 39.4 Å². The Morgan fingerprint density at radius 3 is 1.85 bits per heavy atom. The van der Waals surface area contributed by atoms with Gasteiger partial charge in [-0.2, -0.15) is 0 Å². The van der Waals surface area contributed by atoms with Crippen molar-refractivity contribution in [1.29, 1.82) is 0 Å². The third-order valence-corrected chi connectivity index (χ3v) is 22.6. The third-order valence-electron chi connectivity index (χ3n) is 13.5. The summed E-state index contributed by atoms with van der Waals surface area (Å²) in [5.74, 6) is 3.64. The molecule has 0 fully saturated rings. The molecule has 8 aromatic rings. The van der Waals surface area contributed by atoms with Gasteiger partial charge in [-0.05, 0) is 110 Å². The van der Waals surface area contributed by atoms with E-state index in [0.717, 1.165) is 57.5 Å². The maximum absolute atomic E-state index is 7.27. The van der Waals surface area contributed by atoms with Crippen molar-refractivity contribution in [3.63, 3.8) is 0 Å². The SMILES string of the molecule is Cc1ccccc1C1N=C(c2cccc3c2Oc2ccccc2[Si]3(c2ccccc2)c2ccccc2)C=C(C2=C3Oc4ccccc4S(c4ccccc4)(c4ccccc4)C3CC=C2)N1. The molecule has 3 heterocycles. The van der Waals surface area contributed by atoms with E-state index in [2.05, 4.69) is 243 Å². The highest BCUT2D eigenvalue weighted by Gasteiger charge is 2.50. The number of para-hydroxylation sites is 3. The van der Waals surface area contributed by atoms with Gasteiger partial charge >= 0.3 is 0 Å². The smallest absolute Gasteiger partial charge is 0.188 e. The number of allylic oxidation sites excluding steroid dienone is 3. The van der Waals surface area contributed by atoms with Crippen molar-refractivity contribution < 1.29 is 9.47 Å². The molecular weight excluding hydrogens is 829 g/mol. The lowest BCUT2D eigenvalue weighted by molar-refractivity contribution is 0.381. The first-order valence-electron chi connectivity index (χ1n) is 22.4. The van der Waals surface area contributed by atoms with Gasteiger partial charge in [-0.15, -0.1) is 10.0 Å². The van der Waals surface area contributed by atoms with Gasteiger partial charge in [-0.25, -0.2) is 0 Å². The first-order valence-corrected chi connectivity index (χ1v) is 26.1. The molecule has 0 spiro atoms. The van der Waals surface area contributed by atoms with Crippen LogP contribution in [-0.4, -0.2) is 19.0 Å². The van der Waals surface area contributed by atoms with Crippen molar-refractivity contribution in [2.75, 3.05) is 0 Å². The zero-order valence-corrected chi connectivity index (χ0v) is 37.8. The lowest BCUT2D eigenvalue weighted by atomic mass is 9.96. The molecule has 1 aliphatic carbocycles. The largest absolute Gasteiger partial charge is 0.459 e. The van der Waals surface area contributed by atoms with E-state index in [0.29, 0.717) is 0 Å². The molecule has 12 rings (SSSR count). The van der Waals surface area contributed by atoms with Gasteiger partial charge in [0.2, 0.25) is 0 Å². The summed E-state index contributed by atoms with van der Waals surface area (Å²) in [7, 11) is -4.77. The van der Waals surface area contributed by atoms with E-state index in [1.165, 1.54) is 41.0 Å². The van der Waals surface area contributed by atoms with E-state index in [1.807, 2.05) is 0 Å². The second-order valence-corrected chi connectivity index (χ2v) is 24.0. The number of hydrogen-bond acceptors (Lipinski definition) is 4. The first-order chi connectivity index (χ1) is 32.2. The average molecular weight is 875 g/mol. The summed E-state index contributed by atoms with van der Waals surface area (Å²) in [5.41, 5.74) is 6.12. The van der Waals surface area contributed by atoms with Gasteiger partial charge < -0.3 is 14.8 Å². The molecule has 4 aliphatic rings. The number of rotatable bonds is 7. The van der Waals surface area contributed by atoms with E-state index in [1.54, 1.807) is 0 Å². The molecule has 65 heavy (non-hydrogen) atoms. The van der Waals surface area contributed by atoms with E-state index in [9.17, 15) is 0 Å². The normalized spacial score (nSPS) is 19.0. The van der Waals surface area contributed by atoms with Gasteiger partial charge in [-0.3, -0.25) is 4.99 Å². The Hall–Kier alpha value is -7.38. The molecule has 2 unspecified atom stereocenters. The predicted octanol–water partition coefficient (Wildman–Crippen LogP) is 11.4. The number of hydrogen-bond donors (Lipinski definition) is 1. The minimum atomic E-state index is -2.90. The quantitative estimate of drug-likeness (QED) is 0.162. The van der Waals surface area contributed by atoms with Gasteiger partial charge in [-0.1, -0.05) is 176 Å². The van der Waals surface area contributed by atoms with Crippen molar-refractivity contribution in [3.8, 4) is 17.2 Å². The van der Waals surface area contributed by atoms with Crippen LogP contribution in [0.4, 0.5) is 0 Å². The Bertz CT molecular complexity index is 3160. The number of aliphatic imine (C=N–C) groups is 1. The molecule has 0 saturated heterocycles. The molecule has 314 valence electrons. The Morgan fingerprint density at radius 2 is 1.15 bits per heavy atom. The zero-order valence-electron chi connectivity index (χ0n) is 36.0. The fraction of sp³-hybridized carbons (Fsp3) is 0.0678. The molecule has 1 N–H and O–H groups in total. The van der Waals surface area contributed by atoms with Gasteiger partial charge in [0.15, 0.2) is 8.07 Å². The van der Waals surface area contributed by atoms with Crippen LogP contribution in [0.1, 0.15) is 29.3 Å². The second kappa shape index (κ2) is 16.0. The molecule has 0 amide bonds. The molecule has 0 bridgehead atoms. The van der Waals surface area contributed by atoms with Crippen molar-refractivity contribution in [2.24, 2.45) is 4.99 Å². The highest BCUT2D eigenvalue weighted by atomic mass is 32.3. The summed E-state index contributed by atoms with van der Waals surface area (Å²) in [6.45, 7) is 2.17. The van der Waals surface area contributed by atoms with Crippen LogP contribution in [0.5, 0.6) is 17.2 Å². The second-order valence-electron chi connectivity index (χ2n) is 17.0. The van der Waals surface area contributed by atoms with Gasteiger partial charge in [0, 0.05) is 21.7 Å². The van der Waals surface area contributed by atoms with Crippen LogP contribution in [0, 0.1) is 6.92 Å². The lowest BCUT2D eigenvalue weighted by Crippen LogP contribution is -2.76. The van der Waals surface area contributed by atoms with Crippen molar-refractivity contribution in [3.05, 3.63) is 264 Å². The van der Waals surface area contributed by atoms with Crippen LogP contribution in [0.2, 0.25) is 0 Å². The first kappa shape index (κ1) is 39.2. The van der Waals surface area contributed by atoms with Gasteiger partial charge in [0.05, 0.1) is 11.0 Å². The molecule has 6 heteroatoms. The molecule has 0 aromatic heterocycles. The summed E-state index contributed by atoms with van der Waals surface area (Å²) in [4.78, 5) is 9.53. The van der Waals surface area contributed by atoms with Crippen LogP contribution in [0.15, 0.2) is 267 Å². The third kappa shape index (κ3) is 6.16. The zero-order chi connectivity index (χ0) is 43.4. The Kier molecular flexibility index (Phi) is 9.66. The summed E-state index contributed by atoms with van der Waals surface area (Å²) in [6, 6.07) is 77.0. The lowest BCUT2D eigenvalue weighted by Gasteiger charge is -2.52. The van der Waals surface area contributed by atoms with Crippen molar-refractivity contribution in [1.82, 2.24) is 5.32 Å². The van der Waals surface area contributed by atoms with Crippen LogP contribution in [-0.2, 0) is 0 Å². The average Bonchev–Trinajstić information content (AvgIpc) is 3.38. The maximum Gasteiger partial charge on any atom is 0.188 e. The van der Waals surface area contributed by atoms with E-state index in [4.69, 9.17) is 14.5 Å². The Balaban J connectivity index is 1.10. The number of benzene rings is 8. The molecule has 0 radical (unpaired) electrons. The van der Waals surface area contributed by atoms with E-state index in [-0.39, 0.29) is 11.4 Å².